The van der Waals surface area contributed by atoms with Gasteiger partial charge in [-0.2, -0.15) is 0 Å². The standard InChI is InChI=1S/C20H29BNO3/c1-5-12-20(17-22(2,3)4)25-21(23-18-13-8-6-9-14-18)24-19-15-10-7-11-16-19/h6-11,13-16,20H,5,12,17H2,1-4H3/q+1. The molecule has 0 aliphatic rings. The number of rotatable bonds is 10. The Bertz CT molecular complexity index is 560. The predicted octanol–water partition coefficient (Wildman–Crippen LogP) is 4.02. The number of nitrogens with zero attached hydrogens (tertiary/aromatic N) is 1. The minimum atomic E-state index is -0.784. The zero-order valence-corrected chi connectivity index (χ0v) is 15.7. The maximum Gasteiger partial charge on any atom is 0.788 e. The van der Waals surface area contributed by atoms with Gasteiger partial charge in [0.25, 0.3) is 0 Å². The van der Waals surface area contributed by atoms with Crippen molar-refractivity contribution in [3.8, 4) is 11.5 Å². The normalized spacial score (nSPS) is 12.5. The van der Waals surface area contributed by atoms with Crippen molar-refractivity contribution in [2.24, 2.45) is 0 Å². The fourth-order valence-corrected chi connectivity index (χ4v) is 2.59. The largest absolute Gasteiger partial charge is 0.788 e. The van der Waals surface area contributed by atoms with Crippen LogP contribution in [0.5, 0.6) is 11.5 Å². The molecule has 0 N–H and O–H groups in total. The van der Waals surface area contributed by atoms with Gasteiger partial charge in [0.05, 0.1) is 27.2 Å². The van der Waals surface area contributed by atoms with E-state index in [2.05, 4.69) is 28.1 Å². The molecule has 2 rings (SSSR count). The van der Waals surface area contributed by atoms with Crippen LogP contribution in [-0.2, 0) is 4.65 Å². The van der Waals surface area contributed by atoms with E-state index in [4.69, 9.17) is 14.0 Å². The van der Waals surface area contributed by atoms with Crippen molar-refractivity contribution in [1.82, 2.24) is 0 Å². The smallest absolute Gasteiger partial charge is 0.501 e. The van der Waals surface area contributed by atoms with Gasteiger partial charge in [-0.1, -0.05) is 49.7 Å². The van der Waals surface area contributed by atoms with E-state index >= 15 is 0 Å². The molecular weight excluding hydrogens is 313 g/mol. The Labute approximate surface area is 152 Å². The van der Waals surface area contributed by atoms with Gasteiger partial charge in [0.1, 0.15) is 18.0 Å². The van der Waals surface area contributed by atoms with E-state index in [-0.39, 0.29) is 6.10 Å². The molecule has 0 bridgehead atoms. The van der Waals surface area contributed by atoms with Crippen LogP contribution in [0.4, 0.5) is 0 Å². The lowest BCUT2D eigenvalue weighted by Crippen LogP contribution is -2.46. The van der Waals surface area contributed by atoms with Crippen molar-refractivity contribution in [3.63, 3.8) is 0 Å². The lowest BCUT2D eigenvalue weighted by Gasteiger charge is -2.30. The molecule has 0 fully saturated rings. The summed E-state index contributed by atoms with van der Waals surface area (Å²) >= 11 is 0. The van der Waals surface area contributed by atoms with Crippen molar-refractivity contribution in [2.75, 3.05) is 27.7 Å². The first-order valence-electron chi connectivity index (χ1n) is 8.85. The minimum Gasteiger partial charge on any atom is -0.501 e. The molecule has 25 heavy (non-hydrogen) atoms. The lowest BCUT2D eigenvalue weighted by atomic mass is 10.1. The summed E-state index contributed by atoms with van der Waals surface area (Å²) in [7, 11) is 5.71. The van der Waals surface area contributed by atoms with Gasteiger partial charge in [-0.25, -0.2) is 0 Å². The van der Waals surface area contributed by atoms with E-state index in [0.29, 0.717) is 0 Å². The van der Waals surface area contributed by atoms with Gasteiger partial charge in [0.15, 0.2) is 0 Å². The molecular formula is C20H29BNO3+. The van der Waals surface area contributed by atoms with Crippen LogP contribution in [0.2, 0.25) is 0 Å². The fraction of sp³-hybridized carbons (Fsp3) is 0.400. The molecule has 0 aromatic heterocycles. The molecule has 4 nitrogen and oxygen atoms in total. The summed E-state index contributed by atoms with van der Waals surface area (Å²) in [6.07, 6.45) is 2.07. The Morgan fingerprint density at radius 1 is 0.840 bits per heavy atom. The Morgan fingerprint density at radius 3 is 1.72 bits per heavy atom. The highest BCUT2D eigenvalue weighted by atomic mass is 16.7. The fourth-order valence-electron chi connectivity index (χ4n) is 2.59. The van der Waals surface area contributed by atoms with Gasteiger partial charge in [0, 0.05) is 0 Å². The van der Waals surface area contributed by atoms with Crippen molar-refractivity contribution >= 4 is 7.32 Å². The summed E-state index contributed by atoms with van der Waals surface area (Å²) in [5.74, 6) is 1.45. The van der Waals surface area contributed by atoms with E-state index in [1.54, 1.807) is 0 Å². The second-order valence-electron chi connectivity index (χ2n) is 7.17. The summed E-state index contributed by atoms with van der Waals surface area (Å²) < 4.78 is 19.0. The summed E-state index contributed by atoms with van der Waals surface area (Å²) in [5.41, 5.74) is 0. The summed E-state index contributed by atoms with van der Waals surface area (Å²) in [5, 5.41) is 0. The first kappa shape index (κ1) is 19.4. The molecule has 2 aromatic carbocycles. The Balaban J connectivity index is 2.11. The molecule has 0 aliphatic carbocycles. The van der Waals surface area contributed by atoms with Crippen LogP contribution in [0.3, 0.4) is 0 Å². The molecule has 5 heteroatoms. The summed E-state index contributed by atoms with van der Waals surface area (Å²) in [4.78, 5) is 0. The van der Waals surface area contributed by atoms with Gasteiger partial charge in [-0.3, -0.25) is 0 Å². The molecule has 134 valence electrons. The first-order chi connectivity index (χ1) is 12.0. The second kappa shape index (κ2) is 9.49. The van der Waals surface area contributed by atoms with Crippen molar-refractivity contribution in [1.29, 1.82) is 0 Å². The second-order valence-corrected chi connectivity index (χ2v) is 7.17. The van der Waals surface area contributed by atoms with E-state index < -0.39 is 7.32 Å². The third kappa shape index (κ3) is 7.63. The van der Waals surface area contributed by atoms with Gasteiger partial charge in [0.2, 0.25) is 0 Å². The molecule has 0 aliphatic heterocycles. The van der Waals surface area contributed by atoms with Crippen molar-refractivity contribution in [3.05, 3.63) is 60.7 Å². The average Bonchev–Trinajstić information content (AvgIpc) is 2.55. The van der Waals surface area contributed by atoms with Gasteiger partial charge in [-0.05, 0) is 30.7 Å². The van der Waals surface area contributed by atoms with Crippen LogP contribution in [0.25, 0.3) is 0 Å². The van der Waals surface area contributed by atoms with E-state index in [9.17, 15) is 0 Å². The van der Waals surface area contributed by atoms with Crippen LogP contribution in [0, 0.1) is 0 Å². The molecule has 2 aromatic rings. The molecule has 0 amide bonds. The maximum atomic E-state index is 6.21. The Hall–Kier alpha value is -1.98. The maximum absolute atomic E-state index is 6.21. The molecule has 0 saturated carbocycles. The lowest BCUT2D eigenvalue weighted by molar-refractivity contribution is -0.873. The van der Waals surface area contributed by atoms with E-state index in [0.717, 1.165) is 35.4 Å². The SMILES string of the molecule is CCCC(C[N+](C)(C)C)OB(Oc1ccccc1)Oc1ccccc1. The number of hydrogen-bond acceptors (Lipinski definition) is 3. The zero-order valence-electron chi connectivity index (χ0n) is 15.7. The Morgan fingerprint density at radius 2 is 1.32 bits per heavy atom. The zero-order chi connectivity index (χ0) is 18.1. The van der Waals surface area contributed by atoms with Gasteiger partial charge >= 0.3 is 7.32 Å². The summed E-state index contributed by atoms with van der Waals surface area (Å²) in [6, 6.07) is 19.3. The number of likely N-dealkylation sites (N-methyl/N-ethyl adjacent to an activating group) is 1. The molecule has 0 radical (unpaired) electrons. The molecule has 1 atom stereocenters. The molecule has 0 spiro atoms. The monoisotopic (exact) mass is 342 g/mol. The van der Waals surface area contributed by atoms with Crippen molar-refractivity contribution in [2.45, 2.75) is 25.9 Å². The van der Waals surface area contributed by atoms with Crippen LogP contribution >= 0.6 is 0 Å². The van der Waals surface area contributed by atoms with Crippen LogP contribution in [0.15, 0.2) is 60.7 Å². The summed E-state index contributed by atoms with van der Waals surface area (Å²) in [6.45, 7) is 3.05. The quantitative estimate of drug-likeness (QED) is 0.482. The molecule has 0 saturated heterocycles. The number of para-hydroxylation sites is 2. The minimum absolute atomic E-state index is 0.0578. The highest BCUT2D eigenvalue weighted by Crippen LogP contribution is 2.17. The Kier molecular flexibility index (Phi) is 7.35. The van der Waals surface area contributed by atoms with Crippen LogP contribution in [0.1, 0.15) is 19.8 Å². The van der Waals surface area contributed by atoms with Crippen LogP contribution < -0.4 is 9.31 Å². The highest BCUT2D eigenvalue weighted by Gasteiger charge is 2.33. The van der Waals surface area contributed by atoms with Gasteiger partial charge in [-0.15, -0.1) is 0 Å². The van der Waals surface area contributed by atoms with E-state index in [1.807, 2.05) is 60.7 Å². The first-order valence-corrected chi connectivity index (χ1v) is 8.85. The molecule has 0 heterocycles. The molecule has 1 unspecified atom stereocenters. The topological polar surface area (TPSA) is 27.7 Å². The number of hydrogen-bond donors (Lipinski definition) is 0. The van der Waals surface area contributed by atoms with Crippen LogP contribution in [-0.4, -0.2) is 45.6 Å². The van der Waals surface area contributed by atoms with E-state index in [1.165, 1.54) is 0 Å². The highest BCUT2D eigenvalue weighted by molar-refractivity contribution is 6.38. The van der Waals surface area contributed by atoms with Gasteiger partial charge < -0.3 is 18.4 Å². The number of benzene rings is 2. The average molecular weight is 342 g/mol. The third-order valence-corrected chi connectivity index (χ3v) is 3.62. The van der Waals surface area contributed by atoms with Crippen molar-refractivity contribution < 1.29 is 18.4 Å². The number of quaternary nitrogens is 1. The predicted molar refractivity (Wildman–Crippen MR) is 103 cm³/mol. The third-order valence-electron chi connectivity index (χ3n) is 3.62.